The van der Waals surface area contributed by atoms with E-state index in [0.717, 1.165) is 18.7 Å². The van der Waals surface area contributed by atoms with Gasteiger partial charge in [0.25, 0.3) is 0 Å². The zero-order chi connectivity index (χ0) is 18.7. The highest BCUT2D eigenvalue weighted by Crippen LogP contribution is 1.93. The molecule has 1 rings (SSSR count). The second-order valence-electron chi connectivity index (χ2n) is 5.49. The van der Waals surface area contributed by atoms with Crippen LogP contribution in [0.25, 0.3) is 0 Å². The Balaban J connectivity index is 1.72. The minimum absolute atomic E-state index is 0.555. The number of hydrogen-bond donors (Lipinski definition) is 1. The Kier molecular flexibility index (Phi) is 15.3. The number of nitrogens with one attached hydrogen (secondary N) is 1. The molecule has 1 N–H and O–H groups in total. The normalized spacial score (nSPS) is 11.3. The Morgan fingerprint density at radius 1 is 0.808 bits per heavy atom. The molecule has 9 nitrogen and oxygen atoms in total. The molecule has 0 saturated heterocycles. The minimum atomic E-state index is 0.555. The lowest BCUT2D eigenvalue weighted by Crippen LogP contribution is -2.17. The van der Waals surface area contributed by atoms with Crippen molar-refractivity contribution < 1.29 is 23.7 Å². The second-order valence-corrected chi connectivity index (χ2v) is 5.49. The maximum atomic E-state index is 5.50. The lowest BCUT2D eigenvalue weighted by Gasteiger charge is -2.08. The van der Waals surface area contributed by atoms with Gasteiger partial charge in [-0.05, 0) is 13.5 Å². The van der Waals surface area contributed by atoms with Gasteiger partial charge in [0, 0.05) is 12.7 Å². The van der Waals surface area contributed by atoms with E-state index in [1.54, 1.807) is 4.68 Å². The van der Waals surface area contributed by atoms with Crippen LogP contribution < -0.4 is 5.32 Å². The summed E-state index contributed by atoms with van der Waals surface area (Å²) in [4.78, 5) is 0. The van der Waals surface area contributed by atoms with E-state index in [0.29, 0.717) is 72.6 Å². The van der Waals surface area contributed by atoms with Crippen molar-refractivity contribution in [3.05, 3.63) is 11.9 Å². The van der Waals surface area contributed by atoms with Crippen molar-refractivity contribution in [3.8, 4) is 0 Å². The molecule has 0 aliphatic carbocycles. The van der Waals surface area contributed by atoms with E-state index in [-0.39, 0.29) is 0 Å². The molecule has 0 spiro atoms. The van der Waals surface area contributed by atoms with Gasteiger partial charge in [-0.25, -0.2) is 4.68 Å². The van der Waals surface area contributed by atoms with Gasteiger partial charge < -0.3 is 29.0 Å². The molecule has 0 fully saturated rings. The molecule has 0 amide bonds. The first-order chi connectivity index (χ1) is 12.9. The van der Waals surface area contributed by atoms with Crippen LogP contribution in [0, 0.1) is 0 Å². The smallest absolute Gasteiger partial charge is 0.0824 e. The van der Waals surface area contributed by atoms with Crippen LogP contribution in [0.15, 0.2) is 6.20 Å². The lowest BCUT2D eigenvalue weighted by atomic mass is 10.4. The Labute approximate surface area is 156 Å². The Hall–Kier alpha value is -1.10. The van der Waals surface area contributed by atoms with E-state index in [1.807, 2.05) is 13.2 Å². The third-order valence-corrected chi connectivity index (χ3v) is 3.40. The Morgan fingerprint density at radius 3 is 1.77 bits per heavy atom. The van der Waals surface area contributed by atoms with Crippen LogP contribution in [0.5, 0.6) is 0 Å². The fraction of sp³-hybridized carbons (Fsp3) is 0.882. The van der Waals surface area contributed by atoms with Crippen molar-refractivity contribution in [2.45, 2.75) is 19.9 Å². The summed E-state index contributed by atoms with van der Waals surface area (Å²) in [7, 11) is 1.90. The van der Waals surface area contributed by atoms with Crippen LogP contribution >= 0.6 is 0 Å². The molecular formula is C17H34N4O5. The molecular weight excluding hydrogens is 340 g/mol. The van der Waals surface area contributed by atoms with Gasteiger partial charge in [0.2, 0.25) is 0 Å². The minimum Gasteiger partial charge on any atom is -0.378 e. The number of ether oxygens (including phenoxy) is 5. The predicted octanol–water partition coefficient (Wildman–Crippen LogP) is 0.143. The molecule has 0 aliphatic heterocycles. The monoisotopic (exact) mass is 374 g/mol. The third kappa shape index (κ3) is 13.2. The zero-order valence-electron chi connectivity index (χ0n) is 16.2. The maximum Gasteiger partial charge on any atom is 0.0824 e. The maximum absolute atomic E-state index is 5.50. The van der Waals surface area contributed by atoms with E-state index >= 15 is 0 Å². The summed E-state index contributed by atoms with van der Waals surface area (Å²) in [5, 5.41) is 11.1. The quantitative estimate of drug-likeness (QED) is 0.342. The number of hydrogen-bond acceptors (Lipinski definition) is 8. The van der Waals surface area contributed by atoms with E-state index in [4.69, 9.17) is 23.7 Å². The summed E-state index contributed by atoms with van der Waals surface area (Å²) in [6.45, 7) is 9.49. The summed E-state index contributed by atoms with van der Waals surface area (Å²) in [5.41, 5.74) is 0.997. The van der Waals surface area contributed by atoms with Gasteiger partial charge in [0.05, 0.1) is 78.3 Å². The molecule has 0 unspecified atom stereocenters. The summed E-state index contributed by atoms with van der Waals surface area (Å²) in [6.07, 6.45) is 2.84. The number of likely N-dealkylation sites (N-methyl/N-ethyl adjacent to an activating group) is 1. The second kappa shape index (κ2) is 17.3. The van der Waals surface area contributed by atoms with Crippen molar-refractivity contribution >= 4 is 0 Å². The fourth-order valence-corrected chi connectivity index (χ4v) is 1.92. The molecule has 26 heavy (non-hydrogen) atoms. The van der Waals surface area contributed by atoms with Crippen molar-refractivity contribution in [1.29, 1.82) is 0 Å². The summed E-state index contributed by atoms with van der Waals surface area (Å²) >= 11 is 0. The molecule has 152 valence electrons. The summed E-state index contributed by atoms with van der Waals surface area (Å²) in [6, 6.07) is 0. The number of aryl methyl sites for hydroxylation is 1. The first kappa shape index (κ1) is 22.9. The SMILES string of the molecule is CCc1cn(CCOCCOCCOCCOCCOCCNC)nn1. The van der Waals surface area contributed by atoms with Gasteiger partial charge in [0.15, 0.2) is 0 Å². The Bertz CT molecular complexity index is 420. The highest BCUT2D eigenvalue weighted by Gasteiger charge is 1.98. The molecule has 9 heteroatoms. The zero-order valence-corrected chi connectivity index (χ0v) is 16.2. The van der Waals surface area contributed by atoms with Crippen molar-refractivity contribution in [3.63, 3.8) is 0 Å². The van der Waals surface area contributed by atoms with E-state index in [9.17, 15) is 0 Å². The molecule has 0 saturated carbocycles. The van der Waals surface area contributed by atoms with Gasteiger partial charge in [0.1, 0.15) is 0 Å². The molecule has 0 aliphatic rings. The van der Waals surface area contributed by atoms with E-state index < -0.39 is 0 Å². The summed E-state index contributed by atoms with van der Waals surface area (Å²) < 4.78 is 28.9. The third-order valence-electron chi connectivity index (χ3n) is 3.40. The standard InChI is InChI=1S/C17H34N4O5/c1-3-17-16-21(20-19-17)5-7-23-9-11-25-13-15-26-14-12-24-10-8-22-6-4-18-2/h16,18H,3-15H2,1-2H3. The number of rotatable bonds is 19. The Morgan fingerprint density at radius 2 is 1.31 bits per heavy atom. The molecule has 0 aromatic carbocycles. The first-order valence-electron chi connectivity index (χ1n) is 9.29. The fourth-order valence-electron chi connectivity index (χ4n) is 1.92. The van der Waals surface area contributed by atoms with Gasteiger partial charge in [-0.3, -0.25) is 0 Å². The van der Waals surface area contributed by atoms with E-state index in [2.05, 4.69) is 22.6 Å². The van der Waals surface area contributed by atoms with Crippen LogP contribution in [0.4, 0.5) is 0 Å². The van der Waals surface area contributed by atoms with Crippen molar-refractivity contribution in [2.75, 3.05) is 79.7 Å². The molecule has 1 aromatic rings. The molecule has 0 atom stereocenters. The van der Waals surface area contributed by atoms with E-state index in [1.165, 1.54) is 0 Å². The summed E-state index contributed by atoms with van der Waals surface area (Å²) in [5.74, 6) is 0. The molecule has 1 aromatic heterocycles. The molecule has 0 radical (unpaired) electrons. The topological polar surface area (TPSA) is 88.9 Å². The lowest BCUT2D eigenvalue weighted by molar-refractivity contribution is -0.0113. The highest BCUT2D eigenvalue weighted by molar-refractivity contribution is 4.90. The average molecular weight is 374 g/mol. The van der Waals surface area contributed by atoms with Crippen molar-refractivity contribution in [2.24, 2.45) is 0 Å². The number of aromatic nitrogens is 3. The van der Waals surface area contributed by atoms with Crippen molar-refractivity contribution in [1.82, 2.24) is 20.3 Å². The van der Waals surface area contributed by atoms with Gasteiger partial charge in [-0.1, -0.05) is 12.1 Å². The van der Waals surface area contributed by atoms with Crippen LogP contribution in [-0.2, 0) is 36.6 Å². The van der Waals surface area contributed by atoms with Crippen LogP contribution in [0.2, 0.25) is 0 Å². The largest absolute Gasteiger partial charge is 0.378 e. The highest BCUT2D eigenvalue weighted by atomic mass is 16.6. The van der Waals surface area contributed by atoms with Crippen LogP contribution in [-0.4, -0.2) is 94.7 Å². The molecule has 1 heterocycles. The average Bonchev–Trinajstić information content (AvgIpc) is 3.12. The van der Waals surface area contributed by atoms with Crippen LogP contribution in [0.1, 0.15) is 12.6 Å². The number of nitrogens with zero attached hydrogens (tertiary/aromatic N) is 3. The van der Waals surface area contributed by atoms with Gasteiger partial charge in [-0.15, -0.1) is 5.10 Å². The van der Waals surface area contributed by atoms with Crippen LogP contribution in [0.3, 0.4) is 0 Å². The first-order valence-corrected chi connectivity index (χ1v) is 9.29. The van der Waals surface area contributed by atoms with Gasteiger partial charge >= 0.3 is 0 Å². The van der Waals surface area contributed by atoms with Gasteiger partial charge in [-0.2, -0.15) is 0 Å². The molecule has 0 bridgehead atoms. The predicted molar refractivity (Wildman–Crippen MR) is 97.4 cm³/mol.